The molecule has 1 saturated heterocycles. The molecular formula is C20H21N7O. The third-order valence-electron chi connectivity index (χ3n) is 5.66. The molecule has 4 aromatic heterocycles. The predicted octanol–water partition coefficient (Wildman–Crippen LogP) is 2.20. The highest BCUT2D eigenvalue weighted by atomic mass is 16.2. The number of aromatic nitrogens is 6. The molecular weight excluding hydrogens is 354 g/mol. The van der Waals surface area contributed by atoms with Gasteiger partial charge in [0.2, 0.25) is 5.91 Å². The molecule has 0 saturated carbocycles. The van der Waals surface area contributed by atoms with E-state index in [4.69, 9.17) is 4.98 Å². The number of nitrogens with zero attached hydrogens (tertiary/aromatic N) is 6. The molecule has 1 N–H and O–H groups in total. The van der Waals surface area contributed by atoms with Gasteiger partial charge >= 0.3 is 0 Å². The van der Waals surface area contributed by atoms with Crippen molar-refractivity contribution >= 4 is 22.6 Å². The van der Waals surface area contributed by atoms with Crippen molar-refractivity contribution in [3.63, 3.8) is 0 Å². The fraction of sp³-hybridized carbons (Fsp3) is 0.350. The summed E-state index contributed by atoms with van der Waals surface area (Å²) in [5.41, 5.74) is 2.82. The maximum Gasteiger partial charge on any atom is 0.230 e. The highest BCUT2D eigenvalue weighted by Crippen LogP contribution is 2.33. The Labute approximate surface area is 161 Å². The van der Waals surface area contributed by atoms with Crippen molar-refractivity contribution in [1.82, 2.24) is 34.2 Å². The van der Waals surface area contributed by atoms with E-state index in [-0.39, 0.29) is 18.2 Å². The van der Waals surface area contributed by atoms with Gasteiger partial charge in [0.25, 0.3) is 0 Å². The Hall–Kier alpha value is -3.29. The minimum Gasteiger partial charge on any atom is -0.345 e. The number of piperidine rings is 1. The molecule has 2 atom stereocenters. The number of amides is 1. The molecule has 4 aromatic rings. The van der Waals surface area contributed by atoms with Gasteiger partial charge in [-0.2, -0.15) is 0 Å². The van der Waals surface area contributed by atoms with E-state index in [1.807, 2.05) is 29.6 Å². The molecule has 1 aliphatic heterocycles. The minimum absolute atomic E-state index is 0.0671. The number of rotatable bonds is 3. The first-order valence-corrected chi connectivity index (χ1v) is 9.54. The highest BCUT2D eigenvalue weighted by molar-refractivity contribution is 5.78. The average molecular weight is 375 g/mol. The van der Waals surface area contributed by atoms with Gasteiger partial charge in [-0.3, -0.25) is 9.20 Å². The van der Waals surface area contributed by atoms with E-state index in [0.29, 0.717) is 18.3 Å². The van der Waals surface area contributed by atoms with Gasteiger partial charge in [0.05, 0.1) is 29.8 Å². The molecule has 0 bridgehead atoms. The molecule has 8 nitrogen and oxygen atoms in total. The summed E-state index contributed by atoms with van der Waals surface area (Å²) in [6, 6.07) is 3.77. The molecule has 0 spiro atoms. The number of carbonyl (C=O) groups excluding carboxylic acids is 1. The van der Waals surface area contributed by atoms with Crippen LogP contribution in [0.1, 0.15) is 30.9 Å². The van der Waals surface area contributed by atoms with Gasteiger partial charge in [-0.05, 0) is 24.5 Å². The maximum atomic E-state index is 12.8. The molecule has 5 heterocycles. The summed E-state index contributed by atoms with van der Waals surface area (Å²) in [6.07, 6.45) is 10.1. The topological polar surface area (TPSA) is 92.1 Å². The quantitative estimate of drug-likeness (QED) is 0.593. The molecule has 5 rings (SSSR count). The molecule has 1 aliphatic rings. The SMILES string of the molecule is CC1CCN(C(=O)Cc2ncccn2)CC1c1ncc2cnc3[nH]ccc3n12. The van der Waals surface area contributed by atoms with Gasteiger partial charge in [-0.25, -0.2) is 19.9 Å². The largest absolute Gasteiger partial charge is 0.345 e. The molecule has 1 fully saturated rings. The monoisotopic (exact) mass is 375 g/mol. The summed E-state index contributed by atoms with van der Waals surface area (Å²) in [7, 11) is 0. The molecule has 8 heteroatoms. The number of aromatic amines is 1. The summed E-state index contributed by atoms with van der Waals surface area (Å²) < 4.78 is 2.16. The van der Waals surface area contributed by atoms with Gasteiger partial charge in [-0.1, -0.05) is 6.92 Å². The first-order valence-electron chi connectivity index (χ1n) is 9.54. The van der Waals surface area contributed by atoms with Crippen LogP contribution in [0.25, 0.3) is 16.7 Å². The van der Waals surface area contributed by atoms with E-state index in [1.54, 1.807) is 18.5 Å². The van der Waals surface area contributed by atoms with Crippen molar-refractivity contribution in [3.8, 4) is 0 Å². The van der Waals surface area contributed by atoms with Crippen molar-refractivity contribution in [2.24, 2.45) is 5.92 Å². The fourth-order valence-corrected chi connectivity index (χ4v) is 4.06. The Balaban J connectivity index is 1.45. The van der Waals surface area contributed by atoms with Crippen LogP contribution in [-0.4, -0.2) is 53.2 Å². The minimum atomic E-state index is 0.0671. The Morgan fingerprint density at radius 1 is 1.21 bits per heavy atom. The second-order valence-electron chi connectivity index (χ2n) is 7.40. The van der Waals surface area contributed by atoms with Crippen molar-refractivity contribution in [2.45, 2.75) is 25.7 Å². The van der Waals surface area contributed by atoms with Crippen LogP contribution in [0, 0.1) is 5.92 Å². The second kappa shape index (κ2) is 6.70. The molecule has 0 aromatic carbocycles. The van der Waals surface area contributed by atoms with E-state index in [1.165, 1.54) is 0 Å². The first kappa shape index (κ1) is 16.9. The van der Waals surface area contributed by atoms with Crippen molar-refractivity contribution in [1.29, 1.82) is 0 Å². The number of hydrogen-bond donors (Lipinski definition) is 1. The number of hydrogen-bond acceptors (Lipinski definition) is 5. The van der Waals surface area contributed by atoms with Gasteiger partial charge in [0.1, 0.15) is 11.6 Å². The summed E-state index contributed by atoms with van der Waals surface area (Å²) in [4.78, 5) is 35.4. The number of nitrogens with one attached hydrogen (secondary N) is 1. The van der Waals surface area contributed by atoms with Crippen molar-refractivity contribution in [3.05, 3.63) is 54.8 Å². The lowest BCUT2D eigenvalue weighted by atomic mass is 9.86. The number of likely N-dealkylation sites (tertiary alicyclic amines) is 1. The second-order valence-corrected chi connectivity index (χ2v) is 7.40. The fourth-order valence-electron chi connectivity index (χ4n) is 4.06. The van der Waals surface area contributed by atoms with E-state index in [2.05, 4.69) is 31.3 Å². The molecule has 0 radical (unpaired) electrons. The lowest BCUT2D eigenvalue weighted by Crippen LogP contribution is -2.43. The summed E-state index contributed by atoms with van der Waals surface area (Å²) >= 11 is 0. The van der Waals surface area contributed by atoms with Crippen LogP contribution in [0.2, 0.25) is 0 Å². The lowest BCUT2D eigenvalue weighted by molar-refractivity contribution is -0.132. The summed E-state index contributed by atoms with van der Waals surface area (Å²) in [5.74, 6) is 2.22. The first-order chi connectivity index (χ1) is 13.7. The normalized spacial score (nSPS) is 20.1. The van der Waals surface area contributed by atoms with Crippen LogP contribution in [0.5, 0.6) is 0 Å². The molecule has 0 aliphatic carbocycles. The smallest absolute Gasteiger partial charge is 0.230 e. The number of H-pyrrole nitrogens is 1. The molecule has 2 unspecified atom stereocenters. The van der Waals surface area contributed by atoms with Crippen LogP contribution in [0.3, 0.4) is 0 Å². The van der Waals surface area contributed by atoms with Crippen LogP contribution in [0.15, 0.2) is 43.1 Å². The van der Waals surface area contributed by atoms with Crippen molar-refractivity contribution < 1.29 is 4.79 Å². The Morgan fingerprint density at radius 2 is 2.04 bits per heavy atom. The van der Waals surface area contributed by atoms with E-state index in [9.17, 15) is 4.79 Å². The van der Waals surface area contributed by atoms with Crippen LogP contribution in [-0.2, 0) is 11.2 Å². The van der Waals surface area contributed by atoms with Gasteiger partial charge in [-0.15, -0.1) is 0 Å². The van der Waals surface area contributed by atoms with Gasteiger partial charge < -0.3 is 9.88 Å². The highest BCUT2D eigenvalue weighted by Gasteiger charge is 2.33. The zero-order valence-electron chi connectivity index (χ0n) is 15.6. The number of carbonyl (C=O) groups is 1. The van der Waals surface area contributed by atoms with Crippen LogP contribution >= 0.6 is 0 Å². The zero-order valence-corrected chi connectivity index (χ0v) is 15.6. The number of imidazole rings is 1. The summed E-state index contributed by atoms with van der Waals surface area (Å²) in [6.45, 7) is 3.65. The Morgan fingerprint density at radius 3 is 2.89 bits per heavy atom. The van der Waals surface area contributed by atoms with Gasteiger partial charge in [0.15, 0.2) is 5.65 Å². The Kier molecular flexibility index (Phi) is 4.03. The third-order valence-corrected chi connectivity index (χ3v) is 5.66. The van der Waals surface area contributed by atoms with Crippen LogP contribution in [0.4, 0.5) is 0 Å². The standard InChI is InChI=1S/C20H21N7O/c1-13-4-8-26(18(28)9-17-21-5-2-6-22-17)12-15(13)20-25-11-14-10-24-19-16(27(14)20)3-7-23-19/h2-3,5-7,10-11,13,15,23H,4,8-9,12H2,1H3. The zero-order chi connectivity index (χ0) is 19.1. The third kappa shape index (κ3) is 2.81. The maximum absolute atomic E-state index is 12.8. The molecule has 28 heavy (non-hydrogen) atoms. The van der Waals surface area contributed by atoms with Crippen molar-refractivity contribution in [2.75, 3.05) is 13.1 Å². The number of fused-ring (bicyclic) bond motifs is 3. The summed E-state index contributed by atoms with van der Waals surface area (Å²) in [5, 5.41) is 0. The Bertz CT molecular complexity index is 1130. The molecule has 142 valence electrons. The van der Waals surface area contributed by atoms with E-state index >= 15 is 0 Å². The van der Waals surface area contributed by atoms with E-state index < -0.39 is 0 Å². The van der Waals surface area contributed by atoms with E-state index in [0.717, 1.165) is 35.5 Å². The van der Waals surface area contributed by atoms with Gasteiger partial charge in [0, 0.05) is 37.6 Å². The lowest BCUT2D eigenvalue weighted by Gasteiger charge is -2.36. The average Bonchev–Trinajstić information content (AvgIpc) is 3.35. The molecule has 1 amide bonds. The van der Waals surface area contributed by atoms with Crippen LogP contribution < -0.4 is 0 Å². The predicted molar refractivity (Wildman–Crippen MR) is 104 cm³/mol.